The summed E-state index contributed by atoms with van der Waals surface area (Å²) in [4.78, 5) is 7.68. The lowest BCUT2D eigenvalue weighted by atomic mass is 10.1. The summed E-state index contributed by atoms with van der Waals surface area (Å²) >= 11 is 29.3. The zero-order chi connectivity index (χ0) is 12.6. The molecule has 2 aromatic rings. The minimum atomic E-state index is 0.0740. The van der Waals surface area contributed by atoms with Crippen LogP contribution in [0.2, 0.25) is 25.5 Å². The van der Waals surface area contributed by atoms with Crippen LogP contribution < -0.4 is 0 Å². The second kappa shape index (κ2) is 5.17. The van der Waals surface area contributed by atoms with E-state index in [9.17, 15) is 0 Å². The van der Waals surface area contributed by atoms with Crippen molar-refractivity contribution in [3.63, 3.8) is 0 Å². The highest BCUT2D eigenvalue weighted by Gasteiger charge is 2.11. The van der Waals surface area contributed by atoms with E-state index < -0.39 is 0 Å². The topological polar surface area (TPSA) is 25.8 Å². The van der Waals surface area contributed by atoms with Gasteiger partial charge in [-0.3, -0.25) is 0 Å². The first kappa shape index (κ1) is 13.2. The van der Waals surface area contributed by atoms with Crippen molar-refractivity contribution in [2.75, 3.05) is 0 Å². The molecular weight excluding hydrogens is 325 g/mol. The van der Waals surface area contributed by atoms with Crippen LogP contribution in [0.5, 0.6) is 0 Å². The van der Waals surface area contributed by atoms with Gasteiger partial charge < -0.3 is 0 Å². The van der Waals surface area contributed by atoms with Crippen molar-refractivity contribution in [1.29, 1.82) is 0 Å². The molecule has 88 valence electrons. The Morgan fingerprint density at radius 2 is 1.47 bits per heavy atom. The first-order chi connectivity index (χ1) is 7.99. The first-order valence-corrected chi connectivity index (χ1v) is 6.21. The Morgan fingerprint density at radius 1 is 0.882 bits per heavy atom. The van der Waals surface area contributed by atoms with Gasteiger partial charge in [-0.25, -0.2) is 9.97 Å². The second-order valence-corrected chi connectivity index (χ2v) is 4.99. The fourth-order valence-corrected chi connectivity index (χ4v) is 2.26. The molecule has 0 aliphatic carbocycles. The largest absolute Gasteiger partial charge is 0.226 e. The smallest absolute Gasteiger partial charge is 0.223 e. The predicted octanol–water partition coefficient (Wildman–Crippen LogP) is 5.41. The number of halogens is 5. The Balaban J connectivity index is 2.61. The molecule has 0 bridgehead atoms. The summed E-state index contributed by atoms with van der Waals surface area (Å²) in [6.07, 6.45) is 1.49. The van der Waals surface area contributed by atoms with Gasteiger partial charge in [0.15, 0.2) is 0 Å². The Kier molecular flexibility index (Phi) is 4.01. The molecule has 0 aliphatic rings. The van der Waals surface area contributed by atoms with Crippen molar-refractivity contribution in [2.45, 2.75) is 0 Å². The quantitative estimate of drug-likeness (QED) is 0.397. The highest BCUT2D eigenvalue weighted by Crippen LogP contribution is 2.36. The van der Waals surface area contributed by atoms with Crippen molar-refractivity contribution in [2.24, 2.45) is 0 Å². The van der Waals surface area contributed by atoms with Gasteiger partial charge in [-0.15, -0.1) is 0 Å². The van der Waals surface area contributed by atoms with Gasteiger partial charge in [0, 0.05) is 11.8 Å². The molecule has 0 spiro atoms. The first-order valence-electron chi connectivity index (χ1n) is 4.32. The SMILES string of the molecule is Clc1ncc(-c2cc(Cl)c(Cl)c(Cl)c2)c(Cl)n1. The van der Waals surface area contributed by atoms with Crippen molar-refractivity contribution in [3.05, 3.63) is 43.8 Å². The van der Waals surface area contributed by atoms with Gasteiger partial charge in [0.2, 0.25) is 5.28 Å². The summed E-state index contributed by atoms with van der Waals surface area (Å²) in [5, 5.41) is 1.26. The highest BCUT2D eigenvalue weighted by molar-refractivity contribution is 6.48. The average Bonchev–Trinajstić information content (AvgIpc) is 2.25. The lowest BCUT2D eigenvalue weighted by Crippen LogP contribution is -1.88. The minimum Gasteiger partial charge on any atom is -0.226 e. The molecule has 7 heteroatoms. The third-order valence-corrected chi connectivity index (χ3v) is 3.67. The Hall–Kier alpha value is -0.250. The maximum absolute atomic E-state index is 5.95. The van der Waals surface area contributed by atoms with E-state index in [-0.39, 0.29) is 10.4 Å². The summed E-state index contributed by atoms with van der Waals surface area (Å²) in [5.74, 6) is 0. The molecule has 0 radical (unpaired) electrons. The standard InChI is InChI=1S/C10H3Cl5N2/c11-6-1-4(2-7(12)8(6)13)5-3-16-10(15)17-9(5)14/h1-3H. The molecule has 2 rings (SSSR count). The number of rotatable bonds is 1. The van der Waals surface area contributed by atoms with Gasteiger partial charge in [0.25, 0.3) is 0 Å². The normalized spacial score (nSPS) is 10.6. The summed E-state index contributed by atoms with van der Waals surface area (Å²) in [5.41, 5.74) is 1.25. The molecule has 2 nitrogen and oxygen atoms in total. The molecule has 0 amide bonds. The number of hydrogen-bond acceptors (Lipinski definition) is 2. The Labute approximate surface area is 122 Å². The average molecular weight is 328 g/mol. The van der Waals surface area contributed by atoms with Gasteiger partial charge in [-0.2, -0.15) is 0 Å². The zero-order valence-corrected chi connectivity index (χ0v) is 11.8. The summed E-state index contributed by atoms with van der Waals surface area (Å²) in [6, 6.07) is 3.27. The predicted molar refractivity (Wildman–Crippen MR) is 72.5 cm³/mol. The molecule has 1 aromatic carbocycles. The van der Waals surface area contributed by atoms with Crippen LogP contribution in [0.4, 0.5) is 0 Å². The van der Waals surface area contributed by atoms with Crippen LogP contribution in [0.1, 0.15) is 0 Å². The Morgan fingerprint density at radius 3 is 2.00 bits per heavy atom. The molecular formula is C10H3Cl5N2. The number of benzene rings is 1. The van der Waals surface area contributed by atoms with E-state index in [0.717, 1.165) is 0 Å². The Bertz CT molecular complexity index is 562. The minimum absolute atomic E-state index is 0.0740. The molecule has 17 heavy (non-hydrogen) atoms. The lowest BCUT2D eigenvalue weighted by Gasteiger charge is -2.06. The van der Waals surface area contributed by atoms with Gasteiger partial charge in [-0.1, -0.05) is 46.4 Å². The molecule has 1 heterocycles. The van der Waals surface area contributed by atoms with Gasteiger partial charge in [0.1, 0.15) is 5.15 Å². The lowest BCUT2D eigenvalue weighted by molar-refractivity contribution is 1.17. The van der Waals surface area contributed by atoms with Crippen LogP contribution in [-0.2, 0) is 0 Å². The fourth-order valence-electron chi connectivity index (χ4n) is 1.25. The van der Waals surface area contributed by atoms with E-state index >= 15 is 0 Å². The third-order valence-electron chi connectivity index (χ3n) is 2.01. The van der Waals surface area contributed by atoms with Crippen molar-refractivity contribution < 1.29 is 0 Å². The summed E-state index contributed by atoms with van der Waals surface area (Å²) in [6.45, 7) is 0. The highest BCUT2D eigenvalue weighted by atomic mass is 35.5. The van der Waals surface area contributed by atoms with E-state index in [1.54, 1.807) is 12.1 Å². The van der Waals surface area contributed by atoms with Crippen LogP contribution in [0, 0.1) is 0 Å². The van der Waals surface area contributed by atoms with Gasteiger partial charge in [0.05, 0.1) is 15.1 Å². The van der Waals surface area contributed by atoms with E-state index in [1.165, 1.54) is 6.20 Å². The molecule has 0 saturated carbocycles. The molecule has 0 aliphatic heterocycles. The van der Waals surface area contributed by atoms with Crippen LogP contribution in [0.15, 0.2) is 18.3 Å². The van der Waals surface area contributed by atoms with E-state index in [4.69, 9.17) is 58.0 Å². The van der Waals surface area contributed by atoms with E-state index in [0.29, 0.717) is 26.2 Å². The molecule has 0 atom stereocenters. The molecule has 0 saturated heterocycles. The van der Waals surface area contributed by atoms with E-state index in [1.807, 2.05) is 0 Å². The number of hydrogen-bond donors (Lipinski definition) is 0. The third kappa shape index (κ3) is 2.78. The fraction of sp³-hybridized carbons (Fsp3) is 0. The maximum atomic E-state index is 5.95. The monoisotopic (exact) mass is 326 g/mol. The van der Waals surface area contributed by atoms with Crippen LogP contribution >= 0.6 is 58.0 Å². The number of aromatic nitrogens is 2. The van der Waals surface area contributed by atoms with Crippen molar-refractivity contribution in [1.82, 2.24) is 9.97 Å². The number of nitrogens with zero attached hydrogens (tertiary/aromatic N) is 2. The van der Waals surface area contributed by atoms with Crippen LogP contribution in [0.3, 0.4) is 0 Å². The zero-order valence-electron chi connectivity index (χ0n) is 8.02. The van der Waals surface area contributed by atoms with Crippen LogP contribution in [-0.4, -0.2) is 9.97 Å². The molecule has 0 unspecified atom stereocenters. The van der Waals surface area contributed by atoms with Crippen molar-refractivity contribution >= 4 is 58.0 Å². The second-order valence-electron chi connectivity index (χ2n) is 3.10. The van der Waals surface area contributed by atoms with E-state index in [2.05, 4.69) is 9.97 Å². The van der Waals surface area contributed by atoms with Gasteiger partial charge >= 0.3 is 0 Å². The maximum Gasteiger partial charge on any atom is 0.223 e. The van der Waals surface area contributed by atoms with Gasteiger partial charge in [-0.05, 0) is 29.3 Å². The van der Waals surface area contributed by atoms with Crippen molar-refractivity contribution in [3.8, 4) is 11.1 Å². The van der Waals surface area contributed by atoms with Crippen LogP contribution in [0.25, 0.3) is 11.1 Å². The molecule has 1 aromatic heterocycles. The molecule has 0 fully saturated rings. The summed E-state index contributed by atoms with van der Waals surface area (Å²) < 4.78 is 0. The summed E-state index contributed by atoms with van der Waals surface area (Å²) in [7, 11) is 0. The molecule has 0 N–H and O–H groups in total.